The molecule has 0 aliphatic heterocycles. The average molecular weight is 482 g/mol. The summed E-state index contributed by atoms with van der Waals surface area (Å²) in [5.41, 5.74) is 3.37. The Hall–Kier alpha value is -3.89. The maximum atomic E-state index is 14.8. The van der Waals surface area contributed by atoms with Crippen LogP contribution in [0.15, 0.2) is 72.3 Å². The summed E-state index contributed by atoms with van der Waals surface area (Å²) in [4.78, 5) is 30.1. The molecule has 3 aromatic rings. The summed E-state index contributed by atoms with van der Waals surface area (Å²) in [7, 11) is 0. The predicted molar refractivity (Wildman–Crippen MR) is 131 cm³/mol. The lowest BCUT2D eigenvalue weighted by molar-refractivity contribution is -0.119. The molecule has 0 fully saturated rings. The number of anilines is 1. The van der Waals surface area contributed by atoms with Gasteiger partial charge in [-0.2, -0.15) is 0 Å². The molecule has 35 heavy (non-hydrogen) atoms. The molecule has 0 spiro atoms. The molecule has 0 radical (unpaired) electrons. The Morgan fingerprint density at radius 2 is 1.83 bits per heavy atom. The number of aromatic nitrogens is 1. The topological polar surface area (TPSA) is 125 Å². The van der Waals surface area contributed by atoms with Crippen molar-refractivity contribution in [3.8, 4) is 11.1 Å². The van der Waals surface area contributed by atoms with Crippen LogP contribution in [0, 0.1) is 10.7 Å². The van der Waals surface area contributed by atoms with Crippen LogP contribution in [0.5, 0.6) is 0 Å². The smallest absolute Gasteiger partial charge is 0.217 e. The van der Waals surface area contributed by atoms with Crippen molar-refractivity contribution < 1.29 is 19.1 Å². The maximum Gasteiger partial charge on any atom is 0.217 e. The van der Waals surface area contributed by atoms with Gasteiger partial charge in [0.25, 0.3) is 0 Å². The normalized spacial score (nSPS) is 12.4. The van der Waals surface area contributed by atoms with Crippen LogP contribution in [-0.4, -0.2) is 41.7 Å². The van der Waals surface area contributed by atoms with Crippen molar-refractivity contribution in [2.45, 2.75) is 25.7 Å². The lowest BCUT2D eigenvalue weighted by Gasteiger charge is -2.16. The van der Waals surface area contributed by atoms with Gasteiger partial charge in [0.05, 0.1) is 19.2 Å². The third-order valence-electron chi connectivity index (χ3n) is 5.30. The van der Waals surface area contributed by atoms with Gasteiger partial charge in [-0.3, -0.25) is 9.78 Å². The first-order valence-electron chi connectivity index (χ1n) is 11.1. The monoisotopic (exact) mass is 481 g/mol. The molecule has 0 saturated heterocycles. The number of nitrogens with zero attached hydrogens (tertiary/aromatic N) is 2. The Morgan fingerprint density at radius 3 is 2.49 bits per heavy atom. The summed E-state index contributed by atoms with van der Waals surface area (Å²) in [5, 5.41) is 21.6. The number of nitrogens with one attached hydrogen (secondary N) is 3. The molecule has 0 aliphatic rings. The van der Waals surface area contributed by atoms with Crippen molar-refractivity contribution in [3.05, 3.63) is 88.8 Å². The SMILES string of the molecule is CC(=O)NCC(CNc1ccc(-c2ccc(C(O)CNCc3ccncc3)cc2)c(F)c1)ON=O. The van der Waals surface area contributed by atoms with Gasteiger partial charge in [-0.1, -0.05) is 24.3 Å². The summed E-state index contributed by atoms with van der Waals surface area (Å²) in [6.45, 7) is 2.58. The van der Waals surface area contributed by atoms with Gasteiger partial charge in [-0.15, -0.1) is 4.91 Å². The third kappa shape index (κ3) is 8.13. The van der Waals surface area contributed by atoms with Crippen molar-refractivity contribution in [2.24, 2.45) is 5.34 Å². The molecule has 10 heteroatoms. The van der Waals surface area contributed by atoms with Gasteiger partial charge < -0.3 is 25.9 Å². The van der Waals surface area contributed by atoms with E-state index in [0.717, 1.165) is 11.1 Å². The first-order valence-corrected chi connectivity index (χ1v) is 11.1. The van der Waals surface area contributed by atoms with Crippen molar-refractivity contribution in [1.29, 1.82) is 0 Å². The maximum absolute atomic E-state index is 14.8. The van der Waals surface area contributed by atoms with Gasteiger partial charge in [0.2, 0.25) is 5.91 Å². The lowest BCUT2D eigenvalue weighted by atomic mass is 10.0. The first kappa shape index (κ1) is 25.7. The number of aliphatic hydroxyl groups is 1. The second kappa shape index (κ2) is 13.1. The van der Waals surface area contributed by atoms with Gasteiger partial charge in [-0.05, 0) is 47.0 Å². The molecular weight excluding hydrogens is 453 g/mol. The van der Waals surface area contributed by atoms with E-state index in [0.29, 0.717) is 29.9 Å². The zero-order chi connectivity index (χ0) is 25.0. The largest absolute Gasteiger partial charge is 0.387 e. The number of carbonyl (C=O) groups is 1. The van der Waals surface area contributed by atoms with Gasteiger partial charge in [0, 0.05) is 43.7 Å². The second-order valence-electron chi connectivity index (χ2n) is 7.94. The quantitative estimate of drug-likeness (QED) is 0.218. The summed E-state index contributed by atoms with van der Waals surface area (Å²) >= 11 is 0. The predicted octanol–water partition coefficient (Wildman–Crippen LogP) is 3.33. The first-order chi connectivity index (χ1) is 17.0. The van der Waals surface area contributed by atoms with E-state index in [-0.39, 0.29) is 19.0 Å². The van der Waals surface area contributed by atoms with E-state index in [1.54, 1.807) is 48.8 Å². The highest BCUT2D eigenvalue weighted by molar-refractivity contribution is 5.72. The molecule has 2 unspecified atom stereocenters. The molecule has 4 N–H and O–H groups in total. The molecule has 2 aromatic carbocycles. The van der Waals surface area contributed by atoms with Crippen molar-refractivity contribution in [1.82, 2.24) is 15.6 Å². The molecule has 1 aromatic heterocycles. The van der Waals surface area contributed by atoms with Gasteiger partial charge in [-0.25, -0.2) is 4.39 Å². The minimum absolute atomic E-state index is 0.0894. The van der Waals surface area contributed by atoms with E-state index in [9.17, 15) is 19.2 Å². The van der Waals surface area contributed by atoms with Crippen LogP contribution in [-0.2, 0) is 16.2 Å². The highest BCUT2D eigenvalue weighted by Crippen LogP contribution is 2.27. The van der Waals surface area contributed by atoms with Crippen LogP contribution in [0.1, 0.15) is 24.2 Å². The average Bonchev–Trinajstić information content (AvgIpc) is 2.86. The van der Waals surface area contributed by atoms with Gasteiger partial charge >= 0.3 is 0 Å². The lowest BCUT2D eigenvalue weighted by Crippen LogP contribution is -2.35. The number of pyridine rings is 1. The zero-order valence-corrected chi connectivity index (χ0v) is 19.3. The Morgan fingerprint density at radius 1 is 1.09 bits per heavy atom. The number of carbonyl (C=O) groups excluding carboxylic acids is 1. The Labute approximate surface area is 202 Å². The number of halogens is 1. The summed E-state index contributed by atoms with van der Waals surface area (Å²) in [5.74, 6) is -0.699. The van der Waals surface area contributed by atoms with Crippen LogP contribution >= 0.6 is 0 Å². The van der Waals surface area contributed by atoms with E-state index in [2.05, 4.69) is 31.1 Å². The van der Waals surface area contributed by atoms with Crippen LogP contribution in [0.4, 0.5) is 10.1 Å². The third-order valence-corrected chi connectivity index (χ3v) is 5.30. The number of rotatable bonds is 13. The van der Waals surface area contributed by atoms with E-state index in [4.69, 9.17) is 0 Å². The minimum atomic E-state index is -0.698. The number of benzene rings is 2. The molecule has 0 saturated carbocycles. The Bertz CT molecular complexity index is 1100. The number of amides is 1. The van der Waals surface area contributed by atoms with Gasteiger partial charge in [0.15, 0.2) is 11.4 Å². The highest BCUT2D eigenvalue weighted by atomic mass is 19.1. The fraction of sp³-hybridized carbons (Fsp3) is 0.280. The highest BCUT2D eigenvalue weighted by Gasteiger charge is 2.13. The number of hydrogen-bond donors (Lipinski definition) is 4. The van der Waals surface area contributed by atoms with Crippen LogP contribution in [0.25, 0.3) is 11.1 Å². The zero-order valence-electron chi connectivity index (χ0n) is 19.3. The van der Waals surface area contributed by atoms with Crippen molar-refractivity contribution >= 4 is 11.6 Å². The second-order valence-corrected chi connectivity index (χ2v) is 7.94. The molecule has 1 amide bonds. The van der Waals surface area contributed by atoms with E-state index >= 15 is 0 Å². The van der Waals surface area contributed by atoms with E-state index in [1.165, 1.54) is 13.0 Å². The van der Waals surface area contributed by atoms with E-state index < -0.39 is 18.0 Å². The molecular formula is C25H28FN5O4. The molecule has 2 atom stereocenters. The van der Waals surface area contributed by atoms with Gasteiger partial charge in [0.1, 0.15) is 5.82 Å². The standard InChI is InChI=1S/C25H28FN5O4/c1-17(32)29-14-22(35-31-34)15-30-21-6-7-23(24(26)12-21)19-2-4-20(5-3-19)25(33)16-28-13-18-8-10-27-11-9-18/h2-12,22,25,28,30,33H,13-16H2,1H3,(H,29,32). The minimum Gasteiger partial charge on any atom is -0.387 e. The molecule has 1 heterocycles. The molecule has 9 nitrogen and oxygen atoms in total. The molecule has 0 aliphatic carbocycles. The molecule has 3 rings (SSSR count). The van der Waals surface area contributed by atoms with Crippen molar-refractivity contribution in [3.63, 3.8) is 0 Å². The van der Waals surface area contributed by atoms with Crippen LogP contribution in [0.3, 0.4) is 0 Å². The number of hydrogen-bond acceptors (Lipinski definition) is 8. The number of aliphatic hydroxyl groups excluding tert-OH is 1. The Balaban J connectivity index is 1.55. The van der Waals surface area contributed by atoms with Crippen LogP contribution < -0.4 is 16.0 Å². The van der Waals surface area contributed by atoms with Crippen LogP contribution in [0.2, 0.25) is 0 Å². The summed E-state index contributed by atoms with van der Waals surface area (Å²) < 4.78 is 14.8. The fourth-order valence-electron chi connectivity index (χ4n) is 3.41. The summed E-state index contributed by atoms with van der Waals surface area (Å²) in [6.07, 6.45) is 2.05. The Kier molecular flexibility index (Phi) is 9.64. The fourth-order valence-corrected chi connectivity index (χ4v) is 3.41. The van der Waals surface area contributed by atoms with Crippen molar-refractivity contribution in [2.75, 3.05) is 25.0 Å². The molecule has 184 valence electrons. The molecule has 0 bridgehead atoms. The summed E-state index contributed by atoms with van der Waals surface area (Å²) in [6, 6.07) is 15.6. The van der Waals surface area contributed by atoms with E-state index in [1.807, 2.05) is 12.1 Å².